The molecule has 0 N–H and O–H groups in total. The minimum absolute atomic E-state index is 1.06. The molecule has 0 aromatic carbocycles. The third-order valence-electron chi connectivity index (χ3n) is 4.48. The minimum atomic E-state index is 1.06. The maximum atomic E-state index is 3.55. The highest BCUT2D eigenvalue weighted by atomic mass is 14.2. The molecule has 3 rings (SSSR count). The Hall–Kier alpha value is -2.34. The van der Waals surface area contributed by atoms with E-state index in [-0.39, 0.29) is 0 Å². The topological polar surface area (TPSA) is 0 Å². The van der Waals surface area contributed by atoms with E-state index in [0.717, 1.165) is 19.3 Å². The van der Waals surface area contributed by atoms with Gasteiger partial charge in [-0.1, -0.05) is 79.0 Å². The molecule has 0 aromatic heterocycles. The lowest BCUT2D eigenvalue weighted by molar-refractivity contribution is 0.741. The molecule has 0 aliphatic heterocycles. The summed E-state index contributed by atoms with van der Waals surface area (Å²) in [5.41, 5.74) is 5.37. The van der Waals surface area contributed by atoms with E-state index in [1.807, 2.05) is 6.08 Å². The van der Waals surface area contributed by atoms with Gasteiger partial charge in [-0.05, 0) is 66.9 Å². The summed E-state index contributed by atoms with van der Waals surface area (Å²) in [5.74, 6) is 0. The van der Waals surface area contributed by atoms with Crippen LogP contribution in [0.5, 0.6) is 0 Å². The summed E-state index contributed by atoms with van der Waals surface area (Å²) in [7, 11) is 0. The van der Waals surface area contributed by atoms with Gasteiger partial charge in [0.25, 0.3) is 0 Å². The van der Waals surface area contributed by atoms with Gasteiger partial charge in [0.1, 0.15) is 0 Å². The highest BCUT2D eigenvalue weighted by Gasteiger charge is 2.15. The first kappa shape index (κ1) is 16.5. The summed E-state index contributed by atoms with van der Waals surface area (Å²) in [4.78, 5) is 0. The maximum Gasteiger partial charge on any atom is -0.00702 e. The van der Waals surface area contributed by atoms with E-state index in [4.69, 9.17) is 0 Å². The van der Waals surface area contributed by atoms with Gasteiger partial charge in [-0.25, -0.2) is 0 Å². The Kier molecular flexibility index (Phi) is 6.25. The largest absolute Gasteiger partial charge is 0.0845 e. The molecule has 24 heavy (non-hydrogen) atoms. The average Bonchev–Trinajstić information content (AvgIpc) is 2.49. The Morgan fingerprint density at radius 2 is 1.46 bits per heavy atom. The van der Waals surface area contributed by atoms with Crippen molar-refractivity contribution in [1.29, 1.82) is 0 Å². The van der Waals surface area contributed by atoms with E-state index >= 15 is 0 Å². The minimum Gasteiger partial charge on any atom is -0.0845 e. The van der Waals surface area contributed by atoms with Crippen LogP contribution in [0.15, 0.2) is 101 Å². The number of rotatable bonds is 2. The lowest BCUT2D eigenvalue weighted by atomic mass is 9.85. The molecule has 0 heterocycles. The molecule has 0 bridgehead atoms. The van der Waals surface area contributed by atoms with Crippen LogP contribution in [0.25, 0.3) is 0 Å². The summed E-state index contributed by atoms with van der Waals surface area (Å²) < 4.78 is 0. The zero-order valence-corrected chi connectivity index (χ0v) is 14.2. The molecule has 0 fully saturated rings. The van der Waals surface area contributed by atoms with Crippen LogP contribution < -0.4 is 0 Å². The Morgan fingerprint density at radius 3 is 2.46 bits per heavy atom. The summed E-state index contributed by atoms with van der Waals surface area (Å²) in [5, 5.41) is 0. The Morgan fingerprint density at radius 1 is 0.625 bits per heavy atom. The van der Waals surface area contributed by atoms with E-state index < -0.39 is 0 Å². The summed E-state index contributed by atoms with van der Waals surface area (Å²) >= 11 is 0. The fraction of sp³-hybridized carbons (Fsp3) is 0.250. The molecule has 0 heteroatoms. The third kappa shape index (κ3) is 4.58. The Balaban J connectivity index is 1.99. The van der Waals surface area contributed by atoms with E-state index in [0.29, 0.717) is 0 Å². The van der Waals surface area contributed by atoms with Crippen LogP contribution in [0.3, 0.4) is 0 Å². The Labute approximate surface area is 146 Å². The lowest BCUT2D eigenvalue weighted by Gasteiger charge is -2.19. The molecule has 0 saturated carbocycles. The molecule has 3 aliphatic rings. The van der Waals surface area contributed by atoms with Crippen LogP contribution in [-0.2, 0) is 0 Å². The van der Waals surface area contributed by atoms with Crippen LogP contribution >= 0.6 is 0 Å². The van der Waals surface area contributed by atoms with Crippen molar-refractivity contribution >= 4 is 0 Å². The van der Waals surface area contributed by atoms with Crippen molar-refractivity contribution in [1.82, 2.24) is 0 Å². The molecule has 3 aliphatic carbocycles. The van der Waals surface area contributed by atoms with Gasteiger partial charge in [-0.15, -0.1) is 0 Å². The molecular weight excluding hydrogens is 288 g/mol. The van der Waals surface area contributed by atoms with Gasteiger partial charge >= 0.3 is 0 Å². The molecule has 0 amide bonds. The number of allylic oxidation sites excluding steroid dienone is 18. The van der Waals surface area contributed by atoms with Gasteiger partial charge < -0.3 is 0 Å². The van der Waals surface area contributed by atoms with Gasteiger partial charge in [0.05, 0.1) is 0 Å². The van der Waals surface area contributed by atoms with Crippen molar-refractivity contribution in [3.63, 3.8) is 0 Å². The van der Waals surface area contributed by atoms with E-state index in [2.05, 4.69) is 79.0 Å². The molecule has 0 spiro atoms. The highest BCUT2D eigenvalue weighted by Crippen LogP contribution is 2.33. The van der Waals surface area contributed by atoms with Crippen LogP contribution in [0.1, 0.15) is 38.5 Å². The molecular formula is C24H25. The van der Waals surface area contributed by atoms with Gasteiger partial charge in [-0.2, -0.15) is 0 Å². The molecule has 0 unspecified atom stereocenters. The Bertz CT molecular complexity index is 683. The molecule has 0 nitrogen and oxygen atoms in total. The molecule has 0 aromatic rings. The SMILES string of the molecule is [C]1=C(C2=C\C=C/C=C\CC\2)\C(C2=C\C=C/CCCC/2)=C/C=C\C=C/1. The standard InChI is InChI=1S/C24H25/c1-3-9-15-21(16-10-4-1)23-19-13-7-8-14-20-24(23)22-17-11-5-2-6-12-18-22/h1,3-5,7-9,11,13-15,17,20H,2,6,10,12,16,18H2/b4-1-,8-7?,9-3-,11-5-,13-7-,14-8-,19-13?,20-14?,21-15-,22-17+,23-19?,24-20-,24-23?. The first-order valence-corrected chi connectivity index (χ1v) is 9.01. The fourth-order valence-electron chi connectivity index (χ4n) is 3.20. The number of hydrogen-bond acceptors (Lipinski definition) is 0. The van der Waals surface area contributed by atoms with Crippen molar-refractivity contribution < 1.29 is 0 Å². The average molecular weight is 313 g/mol. The van der Waals surface area contributed by atoms with E-state index in [1.165, 1.54) is 41.6 Å². The summed E-state index contributed by atoms with van der Waals surface area (Å²) in [6.45, 7) is 0. The predicted molar refractivity (Wildman–Crippen MR) is 104 cm³/mol. The van der Waals surface area contributed by atoms with Gasteiger partial charge in [0.2, 0.25) is 0 Å². The molecule has 121 valence electrons. The fourth-order valence-corrected chi connectivity index (χ4v) is 3.20. The highest BCUT2D eigenvalue weighted by molar-refractivity contribution is 5.59. The van der Waals surface area contributed by atoms with Gasteiger partial charge in [0, 0.05) is 0 Å². The molecule has 1 radical (unpaired) electrons. The maximum absolute atomic E-state index is 3.55. The van der Waals surface area contributed by atoms with Gasteiger partial charge in [-0.3, -0.25) is 0 Å². The van der Waals surface area contributed by atoms with Crippen molar-refractivity contribution in [3.05, 3.63) is 107 Å². The molecule has 0 atom stereocenters. The zero-order chi connectivity index (χ0) is 16.5. The van der Waals surface area contributed by atoms with Gasteiger partial charge in [0.15, 0.2) is 0 Å². The summed E-state index contributed by atoms with van der Waals surface area (Å²) in [6.07, 6.45) is 38.8. The van der Waals surface area contributed by atoms with Crippen LogP contribution in [0.4, 0.5) is 0 Å². The van der Waals surface area contributed by atoms with Crippen molar-refractivity contribution in [2.45, 2.75) is 38.5 Å². The first-order valence-electron chi connectivity index (χ1n) is 9.01. The monoisotopic (exact) mass is 313 g/mol. The first-order chi connectivity index (χ1) is 11.9. The zero-order valence-electron chi connectivity index (χ0n) is 14.2. The van der Waals surface area contributed by atoms with E-state index in [9.17, 15) is 0 Å². The second-order valence-corrected chi connectivity index (χ2v) is 6.25. The quantitative estimate of drug-likeness (QED) is 0.535. The van der Waals surface area contributed by atoms with Crippen molar-refractivity contribution in [3.8, 4) is 0 Å². The van der Waals surface area contributed by atoms with Crippen molar-refractivity contribution in [2.75, 3.05) is 0 Å². The van der Waals surface area contributed by atoms with E-state index in [1.54, 1.807) is 0 Å². The van der Waals surface area contributed by atoms with Crippen molar-refractivity contribution in [2.24, 2.45) is 0 Å². The third-order valence-corrected chi connectivity index (χ3v) is 4.48. The van der Waals surface area contributed by atoms with Crippen LogP contribution in [0.2, 0.25) is 0 Å². The van der Waals surface area contributed by atoms with Crippen LogP contribution in [-0.4, -0.2) is 0 Å². The second-order valence-electron chi connectivity index (χ2n) is 6.25. The number of hydrogen-bond donors (Lipinski definition) is 0. The second kappa shape index (κ2) is 9.08. The lowest BCUT2D eigenvalue weighted by Crippen LogP contribution is -2.01. The molecule has 0 saturated heterocycles. The van der Waals surface area contributed by atoms with Crippen LogP contribution in [0, 0.1) is 6.08 Å². The summed E-state index contributed by atoms with van der Waals surface area (Å²) in [6, 6.07) is 0. The normalized spacial score (nSPS) is 36.7. The predicted octanol–water partition coefficient (Wildman–Crippen LogP) is 6.66. The smallest absolute Gasteiger partial charge is 0.00702 e.